The lowest BCUT2D eigenvalue weighted by atomic mass is 10.1. The standard InChI is InChI=1S/C17H29N5O2S/c1-2-3-13-25(23,24)22-11-9-21(10-12-22)17-14-16(18-15-19-17)20-7-5-4-6-8-20/h14-15H,2-13H2,1H3. The number of piperazine rings is 1. The maximum Gasteiger partial charge on any atom is 0.214 e. The van der Waals surface area contributed by atoms with Gasteiger partial charge in [0.05, 0.1) is 5.75 Å². The molecule has 0 amide bonds. The van der Waals surface area contributed by atoms with Gasteiger partial charge in [-0.15, -0.1) is 0 Å². The minimum Gasteiger partial charge on any atom is -0.356 e. The van der Waals surface area contributed by atoms with E-state index in [0.29, 0.717) is 26.2 Å². The molecule has 8 heteroatoms. The van der Waals surface area contributed by atoms with Gasteiger partial charge in [0.1, 0.15) is 18.0 Å². The van der Waals surface area contributed by atoms with Crippen LogP contribution in [0.5, 0.6) is 0 Å². The van der Waals surface area contributed by atoms with E-state index >= 15 is 0 Å². The zero-order valence-corrected chi connectivity index (χ0v) is 15.9. The molecule has 0 spiro atoms. The van der Waals surface area contributed by atoms with E-state index < -0.39 is 10.0 Å². The number of aromatic nitrogens is 2. The van der Waals surface area contributed by atoms with Gasteiger partial charge in [0, 0.05) is 45.3 Å². The highest BCUT2D eigenvalue weighted by Gasteiger charge is 2.27. The van der Waals surface area contributed by atoms with Crippen molar-refractivity contribution in [3.63, 3.8) is 0 Å². The van der Waals surface area contributed by atoms with Crippen molar-refractivity contribution < 1.29 is 8.42 Å². The van der Waals surface area contributed by atoms with Crippen molar-refractivity contribution in [3.05, 3.63) is 12.4 Å². The summed E-state index contributed by atoms with van der Waals surface area (Å²) in [6.07, 6.45) is 6.99. The van der Waals surface area contributed by atoms with Crippen molar-refractivity contribution in [2.45, 2.75) is 39.0 Å². The molecule has 0 unspecified atom stereocenters. The van der Waals surface area contributed by atoms with Crippen LogP contribution in [-0.2, 0) is 10.0 Å². The topological polar surface area (TPSA) is 69.6 Å². The maximum absolute atomic E-state index is 12.3. The molecule has 1 aromatic rings. The number of sulfonamides is 1. The molecular weight excluding hydrogens is 338 g/mol. The highest BCUT2D eigenvalue weighted by atomic mass is 32.2. The molecule has 0 bridgehead atoms. The number of anilines is 2. The van der Waals surface area contributed by atoms with Crippen molar-refractivity contribution in [3.8, 4) is 0 Å². The average Bonchev–Trinajstić information content (AvgIpc) is 2.67. The lowest BCUT2D eigenvalue weighted by molar-refractivity contribution is 0.383. The van der Waals surface area contributed by atoms with Crippen LogP contribution < -0.4 is 9.80 Å². The van der Waals surface area contributed by atoms with Gasteiger partial charge in [-0.1, -0.05) is 13.3 Å². The van der Waals surface area contributed by atoms with Crippen LogP contribution in [-0.4, -0.2) is 67.7 Å². The third kappa shape index (κ3) is 4.61. The normalized spacial score (nSPS) is 20.0. The Balaban J connectivity index is 1.61. The summed E-state index contributed by atoms with van der Waals surface area (Å²) in [7, 11) is -3.11. The summed E-state index contributed by atoms with van der Waals surface area (Å²) < 4.78 is 26.3. The molecule has 2 aliphatic rings. The van der Waals surface area contributed by atoms with Gasteiger partial charge in [-0.2, -0.15) is 4.31 Å². The number of piperidine rings is 1. The van der Waals surface area contributed by atoms with Crippen LogP contribution in [0, 0.1) is 0 Å². The predicted molar refractivity (Wildman–Crippen MR) is 101 cm³/mol. The van der Waals surface area contributed by atoms with Gasteiger partial charge in [0.2, 0.25) is 10.0 Å². The fourth-order valence-corrected chi connectivity index (χ4v) is 5.09. The molecule has 0 saturated carbocycles. The molecule has 0 N–H and O–H groups in total. The Labute approximate surface area is 151 Å². The molecule has 140 valence electrons. The van der Waals surface area contributed by atoms with Gasteiger partial charge in [-0.25, -0.2) is 18.4 Å². The summed E-state index contributed by atoms with van der Waals surface area (Å²) in [4.78, 5) is 13.3. The Bertz CT molecular complexity index is 653. The number of hydrogen-bond donors (Lipinski definition) is 0. The van der Waals surface area contributed by atoms with E-state index in [1.807, 2.05) is 13.0 Å². The van der Waals surface area contributed by atoms with Gasteiger partial charge in [-0.3, -0.25) is 0 Å². The van der Waals surface area contributed by atoms with Gasteiger partial charge in [-0.05, 0) is 25.7 Å². The van der Waals surface area contributed by atoms with E-state index in [4.69, 9.17) is 0 Å². The number of rotatable bonds is 6. The fourth-order valence-electron chi connectivity index (χ4n) is 3.46. The predicted octanol–water partition coefficient (Wildman–Crippen LogP) is 1.72. The molecule has 7 nitrogen and oxygen atoms in total. The van der Waals surface area contributed by atoms with Crippen molar-refractivity contribution in [1.82, 2.24) is 14.3 Å². The van der Waals surface area contributed by atoms with Crippen LogP contribution in [0.15, 0.2) is 12.4 Å². The number of nitrogens with zero attached hydrogens (tertiary/aromatic N) is 5. The Kier molecular flexibility index (Phi) is 6.11. The van der Waals surface area contributed by atoms with Crippen molar-refractivity contribution in [2.75, 3.05) is 54.8 Å². The van der Waals surface area contributed by atoms with Gasteiger partial charge in [0.15, 0.2) is 0 Å². The molecule has 2 aliphatic heterocycles. The van der Waals surface area contributed by atoms with Crippen molar-refractivity contribution in [1.29, 1.82) is 0 Å². The SMILES string of the molecule is CCCCS(=O)(=O)N1CCN(c2cc(N3CCCCC3)ncn2)CC1. The van der Waals surface area contributed by atoms with Crippen LogP contribution in [0.3, 0.4) is 0 Å². The van der Waals surface area contributed by atoms with E-state index in [-0.39, 0.29) is 5.75 Å². The Morgan fingerprint density at radius 2 is 1.52 bits per heavy atom. The Morgan fingerprint density at radius 3 is 2.12 bits per heavy atom. The second-order valence-electron chi connectivity index (χ2n) is 6.84. The van der Waals surface area contributed by atoms with Crippen molar-refractivity contribution >= 4 is 21.7 Å². The molecule has 1 aromatic heterocycles. The van der Waals surface area contributed by atoms with Crippen LogP contribution in [0.1, 0.15) is 39.0 Å². The zero-order valence-electron chi connectivity index (χ0n) is 15.1. The number of hydrogen-bond acceptors (Lipinski definition) is 6. The van der Waals surface area contributed by atoms with Gasteiger partial charge in [0.25, 0.3) is 0 Å². The highest BCUT2D eigenvalue weighted by Crippen LogP contribution is 2.22. The smallest absolute Gasteiger partial charge is 0.214 e. The molecule has 0 atom stereocenters. The van der Waals surface area contributed by atoms with Gasteiger partial charge >= 0.3 is 0 Å². The Morgan fingerprint density at radius 1 is 0.920 bits per heavy atom. The monoisotopic (exact) mass is 367 g/mol. The lowest BCUT2D eigenvalue weighted by Gasteiger charge is -2.35. The molecule has 2 fully saturated rings. The first-order valence-corrected chi connectivity index (χ1v) is 11.0. The highest BCUT2D eigenvalue weighted by molar-refractivity contribution is 7.89. The second-order valence-corrected chi connectivity index (χ2v) is 8.93. The summed E-state index contributed by atoms with van der Waals surface area (Å²) in [6.45, 7) is 6.57. The van der Waals surface area contributed by atoms with Crippen LogP contribution in [0.4, 0.5) is 11.6 Å². The molecule has 3 rings (SSSR count). The third-order valence-electron chi connectivity index (χ3n) is 5.03. The van der Waals surface area contributed by atoms with E-state index in [2.05, 4.69) is 19.8 Å². The average molecular weight is 368 g/mol. The van der Waals surface area contributed by atoms with E-state index in [9.17, 15) is 8.42 Å². The van der Waals surface area contributed by atoms with E-state index in [1.165, 1.54) is 19.3 Å². The molecule has 2 saturated heterocycles. The summed E-state index contributed by atoms with van der Waals surface area (Å²) in [5.74, 6) is 2.15. The second kappa shape index (κ2) is 8.31. The minimum absolute atomic E-state index is 0.260. The van der Waals surface area contributed by atoms with E-state index in [1.54, 1.807) is 10.6 Å². The van der Waals surface area contributed by atoms with Gasteiger partial charge < -0.3 is 9.80 Å². The third-order valence-corrected chi connectivity index (χ3v) is 6.99. The maximum atomic E-state index is 12.3. The quantitative estimate of drug-likeness (QED) is 0.762. The molecule has 25 heavy (non-hydrogen) atoms. The molecule has 0 aromatic carbocycles. The zero-order chi connectivity index (χ0) is 17.7. The summed E-state index contributed by atoms with van der Waals surface area (Å²) in [5.41, 5.74) is 0. The first kappa shape index (κ1) is 18.4. The first-order chi connectivity index (χ1) is 12.1. The van der Waals surface area contributed by atoms with Crippen LogP contribution in [0.2, 0.25) is 0 Å². The van der Waals surface area contributed by atoms with Crippen LogP contribution in [0.25, 0.3) is 0 Å². The summed E-state index contributed by atoms with van der Waals surface area (Å²) in [6, 6.07) is 2.05. The molecular formula is C17H29N5O2S. The summed E-state index contributed by atoms with van der Waals surface area (Å²) in [5, 5.41) is 0. The first-order valence-electron chi connectivity index (χ1n) is 9.40. The van der Waals surface area contributed by atoms with Crippen LogP contribution >= 0.6 is 0 Å². The van der Waals surface area contributed by atoms with E-state index in [0.717, 1.165) is 37.6 Å². The number of unbranched alkanes of at least 4 members (excludes halogenated alkanes) is 1. The largest absolute Gasteiger partial charge is 0.356 e. The molecule has 3 heterocycles. The fraction of sp³-hybridized carbons (Fsp3) is 0.765. The summed E-state index contributed by atoms with van der Waals surface area (Å²) >= 11 is 0. The van der Waals surface area contributed by atoms with Crippen molar-refractivity contribution in [2.24, 2.45) is 0 Å². The lowest BCUT2D eigenvalue weighted by Crippen LogP contribution is -2.49. The Hall–Kier alpha value is -1.41. The minimum atomic E-state index is -3.11. The molecule has 0 radical (unpaired) electrons. The molecule has 0 aliphatic carbocycles.